The highest BCUT2D eigenvalue weighted by molar-refractivity contribution is 5.95. The third-order valence-corrected chi connectivity index (χ3v) is 8.48. The summed E-state index contributed by atoms with van der Waals surface area (Å²) in [6.45, 7) is 10.6. The summed E-state index contributed by atoms with van der Waals surface area (Å²) >= 11 is 0. The van der Waals surface area contributed by atoms with Gasteiger partial charge < -0.3 is 25.2 Å². The molecule has 0 bridgehead atoms. The molecule has 9 heteroatoms. The molecule has 198 valence electrons. The first kappa shape index (κ1) is 23.7. The number of anilines is 3. The number of aryl methyl sites for hydroxylation is 1. The van der Waals surface area contributed by atoms with E-state index in [0.717, 1.165) is 68.4 Å². The zero-order valence-corrected chi connectivity index (χ0v) is 22.3. The van der Waals surface area contributed by atoms with Crippen LogP contribution >= 0.6 is 0 Å². The number of nitrogens with zero attached hydrogens (tertiary/aromatic N) is 7. The molecule has 3 saturated heterocycles. The van der Waals surface area contributed by atoms with E-state index in [9.17, 15) is 5.26 Å². The Morgan fingerprint density at radius 3 is 2.68 bits per heavy atom. The standard InChI is InChI=1S/C29H36N8O/c1-19-11-22(35-17-25(31)27(18-35)38-3)13-33-29(19)34-9-10-37-20(2)14-36(16-23(37)15-34)26-7-6-21(12-30)28-24(26)5-4-8-32-28/h4-8,11,13,20,23,25,27H,9-10,14-18,31H2,1-3H3/t20-,23+,25-,27+/m1/s1/i8D. The van der Waals surface area contributed by atoms with Crippen LogP contribution in [0.5, 0.6) is 0 Å². The van der Waals surface area contributed by atoms with Gasteiger partial charge in [-0.1, -0.05) is 0 Å². The summed E-state index contributed by atoms with van der Waals surface area (Å²) < 4.78 is 13.5. The SMILES string of the molecule is [2H]c1ccc2c(N3C[C@@H]4CN(c5ncc(N6C[C@@H](N)[C@@H](OC)C6)cc5C)CCN4[C@H](C)C3)ccc(C#N)c2n1. The Morgan fingerprint density at radius 2 is 1.92 bits per heavy atom. The first-order chi connectivity index (χ1) is 18.9. The van der Waals surface area contributed by atoms with Gasteiger partial charge in [0.15, 0.2) is 0 Å². The van der Waals surface area contributed by atoms with Crippen molar-refractivity contribution in [1.29, 1.82) is 5.26 Å². The molecule has 6 rings (SSSR count). The number of rotatable bonds is 4. The lowest BCUT2D eigenvalue weighted by molar-refractivity contribution is 0.108. The molecule has 0 saturated carbocycles. The van der Waals surface area contributed by atoms with Crippen molar-refractivity contribution in [1.82, 2.24) is 14.9 Å². The highest BCUT2D eigenvalue weighted by Gasteiger charge is 2.37. The highest BCUT2D eigenvalue weighted by atomic mass is 16.5. The second kappa shape index (κ2) is 10.0. The van der Waals surface area contributed by atoms with Crippen molar-refractivity contribution in [2.75, 3.05) is 67.6 Å². The molecular formula is C29H36N8O. The van der Waals surface area contributed by atoms with Crippen molar-refractivity contribution >= 4 is 28.1 Å². The molecule has 38 heavy (non-hydrogen) atoms. The molecule has 1 aromatic carbocycles. The van der Waals surface area contributed by atoms with Gasteiger partial charge >= 0.3 is 0 Å². The first-order valence-electron chi connectivity index (χ1n) is 13.9. The summed E-state index contributed by atoms with van der Waals surface area (Å²) in [5.74, 6) is 1.05. The first-order valence-corrected chi connectivity index (χ1v) is 13.4. The molecule has 0 amide bonds. The molecule has 0 unspecified atom stereocenters. The average Bonchev–Trinajstić information content (AvgIpc) is 3.32. The number of aromatic nitrogens is 2. The number of benzene rings is 1. The lowest BCUT2D eigenvalue weighted by Crippen LogP contribution is -2.65. The Morgan fingerprint density at radius 1 is 1.08 bits per heavy atom. The summed E-state index contributed by atoms with van der Waals surface area (Å²) in [5, 5.41) is 10.5. The van der Waals surface area contributed by atoms with Gasteiger partial charge in [-0.25, -0.2) is 4.98 Å². The molecule has 3 fully saturated rings. The third-order valence-electron chi connectivity index (χ3n) is 8.48. The van der Waals surface area contributed by atoms with Gasteiger partial charge in [-0.15, -0.1) is 0 Å². The second-order valence-corrected chi connectivity index (χ2v) is 10.8. The van der Waals surface area contributed by atoms with Crippen molar-refractivity contribution in [3.8, 4) is 6.07 Å². The molecule has 2 N–H and O–H groups in total. The lowest BCUT2D eigenvalue weighted by atomic mass is 10.0. The monoisotopic (exact) mass is 513 g/mol. The van der Waals surface area contributed by atoms with Gasteiger partial charge in [-0.2, -0.15) is 5.26 Å². The van der Waals surface area contributed by atoms with Gasteiger partial charge in [0.2, 0.25) is 0 Å². The van der Waals surface area contributed by atoms with Gasteiger partial charge in [0, 0.05) is 82.3 Å². The number of nitriles is 1. The Balaban J connectivity index is 1.22. The molecule has 0 radical (unpaired) electrons. The second-order valence-electron chi connectivity index (χ2n) is 10.8. The molecule has 9 nitrogen and oxygen atoms in total. The molecule has 0 aliphatic carbocycles. The van der Waals surface area contributed by atoms with Crippen molar-refractivity contribution in [2.24, 2.45) is 5.73 Å². The predicted octanol–water partition coefficient (Wildman–Crippen LogP) is 2.37. The maximum atomic E-state index is 9.60. The van der Waals surface area contributed by atoms with E-state index in [1.165, 1.54) is 5.56 Å². The zero-order valence-electron chi connectivity index (χ0n) is 23.3. The van der Waals surface area contributed by atoms with Gasteiger partial charge in [-0.05, 0) is 49.7 Å². The van der Waals surface area contributed by atoms with E-state index in [2.05, 4.69) is 50.6 Å². The number of methoxy groups -OCH3 is 1. The summed E-state index contributed by atoms with van der Waals surface area (Å²) in [6, 6.07) is 12.7. The van der Waals surface area contributed by atoms with Gasteiger partial charge in [0.1, 0.15) is 11.9 Å². The predicted molar refractivity (Wildman–Crippen MR) is 151 cm³/mol. The maximum absolute atomic E-state index is 9.60. The van der Waals surface area contributed by atoms with Crippen LogP contribution in [0.1, 0.15) is 19.4 Å². The fraction of sp³-hybridized carbons (Fsp3) is 0.483. The summed E-state index contributed by atoms with van der Waals surface area (Å²) in [6.07, 6.45) is 2.20. The number of piperazine rings is 2. The largest absolute Gasteiger partial charge is 0.378 e. The van der Waals surface area contributed by atoms with Crippen LogP contribution < -0.4 is 20.4 Å². The quantitative estimate of drug-likeness (QED) is 0.564. The number of fused-ring (bicyclic) bond motifs is 2. The number of ether oxygens (including phenoxy) is 1. The Hall–Kier alpha value is -3.45. The molecule has 5 heterocycles. The van der Waals surface area contributed by atoms with E-state index in [4.69, 9.17) is 16.8 Å². The fourth-order valence-corrected chi connectivity index (χ4v) is 6.54. The van der Waals surface area contributed by atoms with Crippen LogP contribution in [0, 0.1) is 18.3 Å². The van der Waals surface area contributed by atoms with Crippen molar-refractivity contribution < 1.29 is 6.11 Å². The van der Waals surface area contributed by atoms with Crippen LogP contribution in [0.3, 0.4) is 0 Å². The topological polar surface area (TPSA) is 97.8 Å². The summed E-state index contributed by atoms with van der Waals surface area (Å²) in [5.41, 5.74) is 10.7. The number of hydrogen-bond acceptors (Lipinski definition) is 9. The minimum absolute atomic E-state index is 0.0114. The van der Waals surface area contributed by atoms with E-state index in [1.54, 1.807) is 13.2 Å². The number of nitrogens with two attached hydrogens (primary N) is 1. The highest BCUT2D eigenvalue weighted by Crippen LogP contribution is 2.33. The Kier molecular flexibility index (Phi) is 6.24. The number of pyridine rings is 2. The minimum atomic E-state index is 0.0114. The van der Waals surface area contributed by atoms with E-state index in [0.29, 0.717) is 23.2 Å². The van der Waals surface area contributed by atoms with Crippen molar-refractivity contribution in [3.05, 3.63) is 53.8 Å². The maximum Gasteiger partial charge on any atom is 0.131 e. The van der Waals surface area contributed by atoms with Gasteiger partial charge in [-0.3, -0.25) is 9.88 Å². The molecule has 0 spiro atoms. The van der Waals surface area contributed by atoms with Crippen LogP contribution in [-0.2, 0) is 4.74 Å². The Bertz CT molecular complexity index is 1430. The van der Waals surface area contributed by atoms with Crippen LogP contribution in [0.15, 0.2) is 42.7 Å². The van der Waals surface area contributed by atoms with E-state index >= 15 is 0 Å². The summed E-state index contributed by atoms with van der Waals surface area (Å²) in [4.78, 5) is 19.1. The molecular weight excluding hydrogens is 476 g/mol. The van der Waals surface area contributed by atoms with Crippen LogP contribution in [0.2, 0.25) is 0 Å². The normalized spacial score (nSPS) is 26.4. The number of hydrogen-bond donors (Lipinski definition) is 1. The Labute approximate surface area is 225 Å². The van der Waals surface area contributed by atoms with Gasteiger partial charge in [0.05, 0.1) is 36.5 Å². The van der Waals surface area contributed by atoms with Crippen molar-refractivity contribution in [2.45, 2.75) is 38.1 Å². The van der Waals surface area contributed by atoms with E-state index < -0.39 is 0 Å². The van der Waals surface area contributed by atoms with Crippen LogP contribution in [0.4, 0.5) is 17.2 Å². The minimum Gasteiger partial charge on any atom is -0.378 e. The van der Waals surface area contributed by atoms with Gasteiger partial charge in [0.25, 0.3) is 0 Å². The molecule has 4 atom stereocenters. The smallest absolute Gasteiger partial charge is 0.131 e. The third kappa shape index (κ3) is 4.33. The van der Waals surface area contributed by atoms with Crippen LogP contribution in [0.25, 0.3) is 10.9 Å². The lowest BCUT2D eigenvalue weighted by Gasteiger charge is -2.51. The van der Waals surface area contributed by atoms with E-state index in [1.807, 2.05) is 24.4 Å². The molecule has 3 aromatic rings. The van der Waals surface area contributed by atoms with Crippen molar-refractivity contribution in [3.63, 3.8) is 0 Å². The molecule has 3 aliphatic heterocycles. The van der Waals surface area contributed by atoms with E-state index in [-0.39, 0.29) is 18.3 Å². The fourth-order valence-electron chi connectivity index (χ4n) is 6.54. The molecule has 2 aromatic heterocycles. The molecule has 3 aliphatic rings. The summed E-state index contributed by atoms with van der Waals surface area (Å²) in [7, 11) is 1.72. The average molecular weight is 514 g/mol. The zero-order chi connectivity index (χ0) is 27.3. The van der Waals surface area contributed by atoms with Crippen LogP contribution in [-0.4, -0.2) is 92.0 Å².